The summed E-state index contributed by atoms with van der Waals surface area (Å²) in [7, 11) is 0. The van der Waals surface area contributed by atoms with Crippen LogP contribution in [0, 0.1) is 0 Å². The van der Waals surface area contributed by atoms with Crippen LogP contribution in [0.5, 0.6) is 0 Å². The summed E-state index contributed by atoms with van der Waals surface area (Å²) in [5.74, 6) is -3.12. The van der Waals surface area contributed by atoms with Gasteiger partial charge in [-0.1, -0.05) is 30.3 Å². The predicted octanol–water partition coefficient (Wildman–Crippen LogP) is 1.94. The Morgan fingerprint density at radius 3 is 2.12 bits per heavy atom. The van der Waals surface area contributed by atoms with Crippen LogP contribution < -0.4 is 0 Å². The number of allylic oxidation sites excluding steroid dienone is 2. The third-order valence-corrected chi connectivity index (χ3v) is 5.94. The number of carbonyl (C=O) groups excluding carboxylic acids is 5. The first-order valence-electron chi connectivity index (χ1n) is 10.7. The molecule has 0 aliphatic carbocycles. The summed E-state index contributed by atoms with van der Waals surface area (Å²) in [5, 5.41) is 2.19. The zero-order chi connectivity index (χ0) is 24.0. The molecule has 2 atom stereocenters. The summed E-state index contributed by atoms with van der Waals surface area (Å²) in [6.07, 6.45) is 4.26. The average Bonchev–Trinajstić information content (AvgIpc) is 3.00. The molecule has 2 unspecified atom stereocenters. The molecule has 3 aliphatic heterocycles. The normalized spacial score (nSPS) is 20.9. The number of amides is 4. The Bertz CT molecular complexity index is 1260. The van der Waals surface area contributed by atoms with Gasteiger partial charge in [0.15, 0.2) is 0 Å². The number of fused-ring (bicyclic) bond motifs is 2. The molecule has 1 saturated heterocycles. The lowest BCUT2D eigenvalue weighted by molar-refractivity contribution is -0.173. The van der Waals surface area contributed by atoms with Gasteiger partial charge in [0.25, 0.3) is 23.6 Å². The van der Waals surface area contributed by atoms with E-state index in [0.717, 1.165) is 14.9 Å². The first-order valence-corrected chi connectivity index (χ1v) is 10.7. The lowest BCUT2D eigenvalue weighted by Gasteiger charge is -2.51. The van der Waals surface area contributed by atoms with Crippen LogP contribution in [0.4, 0.5) is 0 Å². The molecule has 34 heavy (non-hydrogen) atoms. The lowest BCUT2D eigenvalue weighted by atomic mass is 9.88. The molecule has 0 radical (unpaired) electrons. The lowest BCUT2D eigenvalue weighted by Crippen LogP contribution is -2.76. The monoisotopic (exact) mass is 457 g/mol. The molecule has 4 amide bonds. The third kappa shape index (κ3) is 3.05. The van der Waals surface area contributed by atoms with Gasteiger partial charge in [-0.25, -0.2) is 14.8 Å². The Balaban J connectivity index is 1.55. The maximum Gasteiger partial charge on any atom is 0.336 e. The summed E-state index contributed by atoms with van der Waals surface area (Å²) in [4.78, 5) is 66.5. The van der Waals surface area contributed by atoms with E-state index in [-0.39, 0.29) is 23.3 Å². The zero-order valence-corrected chi connectivity index (χ0v) is 18.1. The standard InChI is InChI=1S/C25H19N3O6/c1-2-34-25(33)18-13-8-14-26(21(29)15-9-4-3-5-10-15)28-19(18)20(24(28)32)27-22(30)16-11-6-7-12-17(16)23(27)31/h3-14,19-20H,2H2,1H3. The zero-order valence-electron chi connectivity index (χ0n) is 18.1. The number of imide groups is 1. The van der Waals surface area contributed by atoms with E-state index in [1.165, 1.54) is 30.5 Å². The van der Waals surface area contributed by atoms with Gasteiger partial charge >= 0.3 is 5.97 Å². The molecular formula is C25H19N3O6. The Kier molecular flexibility index (Phi) is 5.09. The SMILES string of the molecule is CCOC(=O)C1=CC=CN(C(=O)c2ccccc2)N2C(=O)C(N3C(=O)c4ccccc4C3=O)C12. The molecule has 2 aromatic rings. The number of hydrazine groups is 1. The van der Waals surface area contributed by atoms with E-state index < -0.39 is 41.7 Å². The molecule has 3 heterocycles. The van der Waals surface area contributed by atoms with Crippen molar-refractivity contribution in [3.05, 3.63) is 95.2 Å². The molecule has 0 aromatic heterocycles. The Labute approximate surface area is 194 Å². The van der Waals surface area contributed by atoms with Gasteiger partial charge in [0.2, 0.25) is 0 Å². The number of hydrogen-bond acceptors (Lipinski definition) is 6. The fourth-order valence-corrected chi connectivity index (χ4v) is 4.39. The van der Waals surface area contributed by atoms with Crippen LogP contribution in [0.15, 0.2) is 78.5 Å². The number of benzene rings is 2. The van der Waals surface area contributed by atoms with Crippen LogP contribution in [0.2, 0.25) is 0 Å². The molecule has 170 valence electrons. The van der Waals surface area contributed by atoms with Crippen molar-refractivity contribution in [1.82, 2.24) is 14.9 Å². The highest BCUT2D eigenvalue weighted by Crippen LogP contribution is 2.38. The fourth-order valence-electron chi connectivity index (χ4n) is 4.39. The topological polar surface area (TPSA) is 104 Å². The van der Waals surface area contributed by atoms with Crippen molar-refractivity contribution < 1.29 is 28.7 Å². The number of nitrogens with zero attached hydrogens (tertiary/aromatic N) is 3. The molecule has 9 heteroatoms. The Hall–Kier alpha value is -4.53. The maximum absolute atomic E-state index is 13.4. The molecule has 9 nitrogen and oxygen atoms in total. The molecule has 0 spiro atoms. The smallest absolute Gasteiger partial charge is 0.336 e. The molecule has 3 aliphatic rings. The minimum Gasteiger partial charge on any atom is -0.463 e. The van der Waals surface area contributed by atoms with Crippen molar-refractivity contribution in [3.63, 3.8) is 0 Å². The quantitative estimate of drug-likeness (QED) is 0.395. The molecule has 5 rings (SSSR count). The van der Waals surface area contributed by atoms with Crippen LogP contribution in [0.25, 0.3) is 0 Å². The van der Waals surface area contributed by atoms with Crippen LogP contribution in [0.1, 0.15) is 38.0 Å². The second kappa shape index (κ2) is 8.11. The number of esters is 1. The van der Waals surface area contributed by atoms with Gasteiger partial charge < -0.3 is 4.74 Å². The van der Waals surface area contributed by atoms with Crippen molar-refractivity contribution in [3.8, 4) is 0 Å². The van der Waals surface area contributed by atoms with Gasteiger partial charge in [0.05, 0.1) is 23.3 Å². The van der Waals surface area contributed by atoms with Gasteiger partial charge in [0.1, 0.15) is 12.1 Å². The second-order valence-corrected chi connectivity index (χ2v) is 7.80. The van der Waals surface area contributed by atoms with E-state index in [2.05, 4.69) is 0 Å². The number of carbonyl (C=O) groups is 5. The molecule has 2 aromatic carbocycles. The largest absolute Gasteiger partial charge is 0.463 e. The first-order chi connectivity index (χ1) is 16.5. The number of rotatable bonds is 4. The number of ether oxygens (including phenoxy) is 1. The fraction of sp³-hybridized carbons (Fsp3) is 0.160. The summed E-state index contributed by atoms with van der Waals surface area (Å²) in [6.45, 7) is 1.73. The van der Waals surface area contributed by atoms with Crippen LogP contribution in [-0.4, -0.2) is 63.2 Å². The van der Waals surface area contributed by atoms with Crippen molar-refractivity contribution in [1.29, 1.82) is 0 Å². The minimum absolute atomic E-state index is 0.0580. The Morgan fingerprint density at radius 2 is 1.50 bits per heavy atom. The summed E-state index contributed by atoms with van der Waals surface area (Å²) < 4.78 is 5.16. The maximum atomic E-state index is 13.4. The van der Waals surface area contributed by atoms with Crippen molar-refractivity contribution in [2.75, 3.05) is 6.61 Å². The van der Waals surface area contributed by atoms with E-state index in [1.807, 2.05) is 0 Å². The molecule has 0 saturated carbocycles. The van der Waals surface area contributed by atoms with E-state index in [1.54, 1.807) is 49.4 Å². The van der Waals surface area contributed by atoms with E-state index in [9.17, 15) is 24.0 Å². The van der Waals surface area contributed by atoms with Gasteiger partial charge in [-0.05, 0) is 43.3 Å². The van der Waals surface area contributed by atoms with E-state index in [4.69, 9.17) is 4.74 Å². The summed E-state index contributed by atoms with van der Waals surface area (Å²) in [5.41, 5.74) is 0.749. The van der Waals surface area contributed by atoms with Gasteiger partial charge in [-0.15, -0.1) is 0 Å². The highest BCUT2D eigenvalue weighted by atomic mass is 16.5. The predicted molar refractivity (Wildman–Crippen MR) is 118 cm³/mol. The van der Waals surface area contributed by atoms with Crippen molar-refractivity contribution >= 4 is 29.6 Å². The van der Waals surface area contributed by atoms with Gasteiger partial charge in [-0.2, -0.15) is 0 Å². The molecule has 1 fully saturated rings. The number of β-lactam (4-membered cyclic amide) rings is 1. The third-order valence-electron chi connectivity index (χ3n) is 5.94. The highest BCUT2D eigenvalue weighted by molar-refractivity contribution is 6.23. The first kappa shape index (κ1) is 21.3. The summed E-state index contributed by atoms with van der Waals surface area (Å²) >= 11 is 0. The van der Waals surface area contributed by atoms with Gasteiger partial charge in [0, 0.05) is 11.8 Å². The van der Waals surface area contributed by atoms with Crippen LogP contribution in [0.3, 0.4) is 0 Å². The van der Waals surface area contributed by atoms with E-state index >= 15 is 0 Å². The Morgan fingerprint density at radius 1 is 0.882 bits per heavy atom. The molecule has 0 bridgehead atoms. The second-order valence-electron chi connectivity index (χ2n) is 7.80. The highest BCUT2D eigenvalue weighted by Gasteiger charge is 2.61. The van der Waals surface area contributed by atoms with Crippen LogP contribution >= 0.6 is 0 Å². The molecular weight excluding hydrogens is 438 g/mol. The average molecular weight is 457 g/mol. The van der Waals surface area contributed by atoms with Crippen molar-refractivity contribution in [2.24, 2.45) is 0 Å². The number of hydrogen-bond donors (Lipinski definition) is 0. The van der Waals surface area contributed by atoms with E-state index in [0.29, 0.717) is 5.56 Å². The minimum atomic E-state index is -1.30. The molecule has 0 N–H and O–H groups in total. The van der Waals surface area contributed by atoms with Gasteiger partial charge in [-0.3, -0.25) is 24.1 Å². The van der Waals surface area contributed by atoms with Crippen molar-refractivity contribution in [2.45, 2.75) is 19.0 Å². The van der Waals surface area contributed by atoms with Crippen LogP contribution in [-0.2, 0) is 14.3 Å². The summed E-state index contributed by atoms with van der Waals surface area (Å²) in [6, 6.07) is 12.2.